The van der Waals surface area contributed by atoms with E-state index in [4.69, 9.17) is 4.84 Å². The summed E-state index contributed by atoms with van der Waals surface area (Å²) in [6.07, 6.45) is -0.780. The number of aliphatic hydroxyl groups is 1. The molecular weight excluding hydrogens is 234 g/mol. The first-order valence-electron chi connectivity index (χ1n) is 5.62. The zero-order valence-corrected chi connectivity index (χ0v) is 11.1. The fourth-order valence-corrected chi connectivity index (χ4v) is 2.32. The van der Waals surface area contributed by atoms with Gasteiger partial charge in [0.25, 0.3) is 0 Å². The summed E-state index contributed by atoms with van der Waals surface area (Å²) < 4.78 is 0. The van der Waals surface area contributed by atoms with E-state index >= 15 is 0 Å². The van der Waals surface area contributed by atoms with Crippen LogP contribution >= 0.6 is 11.8 Å². The molecule has 3 nitrogen and oxygen atoms in total. The number of hydrogen-bond donors (Lipinski definition) is 1. The van der Waals surface area contributed by atoms with Crippen LogP contribution in [0, 0.1) is 0 Å². The number of nitrogens with zero attached hydrogens (tertiary/aromatic N) is 1. The molecule has 1 unspecified atom stereocenters. The van der Waals surface area contributed by atoms with Gasteiger partial charge in [0.2, 0.25) is 6.29 Å². The lowest BCUT2D eigenvalue weighted by Crippen LogP contribution is -2.19. The van der Waals surface area contributed by atoms with E-state index in [0.717, 1.165) is 10.6 Å². The smallest absolute Gasteiger partial charge is 0.233 e. The topological polar surface area (TPSA) is 41.8 Å². The number of hydrogen-bond acceptors (Lipinski definition) is 4. The lowest BCUT2D eigenvalue weighted by atomic mass is 9.87. The zero-order valence-electron chi connectivity index (χ0n) is 10.3. The van der Waals surface area contributed by atoms with E-state index in [1.807, 2.05) is 12.1 Å². The molecule has 2 rings (SSSR count). The highest BCUT2D eigenvalue weighted by molar-refractivity contribution is 8.14. The van der Waals surface area contributed by atoms with E-state index < -0.39 is 6.29 Å². The standard InChI is InChI=1S/C13H17NO2S/c1-13(2,3)10-6-4-9(5-7-10)12-14-16-11(15)8-17-12/h4-7,11,15H,8H2,1-3H3. The summed E-state index contributed by atoms with van der Waals surface area (Å²) in [5.74, 6) is 0.528. The molecule has 92 valence electrons. The summed E-state index contributed by atoms with van der Waals surface area (Å²) in [5.41, 5.74) is 2.49. The van der Waals surface area contributed by atoms with Crippen molar-refractivity contribution in [3.63, 3.8) is 0 Å². The normalized spacial score (nSPS) is 20.7. The van der Waals surface area contributed by atoms with Crippen molar-refractivity contribution in [2.24, 2.45) is 5.16 Å². The average Bonchev–Trinajstić information content (AvgIpc) is 2.29. The van der Waals surface area contributed by atoms with Crippen molar-refractivity contribution in [2.45, 2.75) is 32.5 Å². The van der Waals surface area contributed by atoms with Crippen LogP contribution < -0.4 is 0 Å². The van der Waals surface area contributed by atoms with Gasteiger partial charge in [0.05, 0.1) is 5.75 Å². The van der Waals surface area contributed by atoms with E-state index in [1.54, 1.807) is 0 Å². The molecule has 1 aliphatic heterocycles. The first kappa shape index (κ1) is 12.5. The highest BCUT2D eigenvalue weighted by atomic mass is 32.2. The highest BCUT2D eigenvalue weighted by Gasteiger charge is 2.18. The molecule has 1 aromatic carbocycles. The van der Waals surface area contributed by atoms with Crippen LogP contribution in [0.4, 0.5) is 0 Å². The maximum atomic E-state index is 9.17. The van der Waals surface area contributed by atoms with Crippen LogP contribution in [0.15, 0.2) is 29.4 Å². The van der Waals surface area contributed by atoms with Crippen LogP contribution in [-0.2, 0) is 10.3 Å². The van der Waals surface area contributed by atoms with Crippen molar-refractivity contribution in [3.05, 3.63) is 35.4 Å². The van der Waals surface area contributed by atoms with Crippen molar-refractivity contribution in [1.29, 1.82) is 0 Å². The molecule has 0 aliphatic carbocycles. The Bertz CT molecular complexity index is 420. The average molecular weight is 251 g/mol. The number of rotatable bonds is 1. The van der Waals surface area contributed by atoms with Gasteiger partial charge < -0.3 is 9.94 Å². The number of oxime groups is 1. The predicted molar refractivity (Wildman–Crippen MR) is 71.2 cm³/mol. The van der Waals surface area contributed by atoms with Crippen LogP contribution in [0.25, 0.3) is 0 Å². The molecule has 1 aromatic rings. The first-order valence-corrected chi connectivity index (χ1v) is 6.61. The molecule has 0 aromatic heterocycles. The second-order valence-corrected chi connectivity index (χ2v) is 6.10. The van der Waals surface area contributed by atoms with Crippen LogP contribution in [-0.4, -0.2) is 22.2 Å². The van der Waals surface area contributed by atoms with Crippen molar-refractivity contribution >= 4 is 16.8 Å². The van der Waals surface area contributed by atoms with Crippen molar-refractivity contribution in [3.8, 4) is 0 Å². The SMILES string of the molecule is CC(C)(C)c1ccc(C2=NOC(O)CS2)cc1. The molecule has 0 bridgehead atoms. The van der Waals surface area contributed by atoms with Gasteiger partial charge in [-0.1, -0.05) is 62.0 Å². The van der Waals surface area contributed by atoms with E-state index in [2.05, 4.69) is 38.1 Å². The summed E-state index contributed by atoms with van der Waals surface area (Å²) in [7, 11) is 0. The minimum atomic E-state index is -0.780. The van der Waals surface area contributed by atoms with E-state index in [9.17, 15) is 5.11 Å². The quantitative estimate of drug-likeness (QED) is 0.834. The minimum absolute atomic E-state index is 0.159. The van der Waals surface area contributed by atoms with Gasteiger partial charge in [-0.3, -0.25) is 0 Å². The molecule has 0 saturated heterocycles. The maximum Gasteiger partial charge on any atom is 0.233 e. The summed E-state index contributed by atoms with van der Waals surface area (Å²) in [4.78, 5) is 4.87. The molecule has 17 heavy (non-hydrogen) atoms. The van der Waals surface area contributed by atoms with Crippen LogP contribution in [0.5, 0.6) is 0 Å². The van der Waals surface area contributed by atoms with Gasteiger partial charge in [0.1, 0.15) is 5.04 Å². The fourth-order valence-electron chi connectivity index (χ4n) is 1.56. The summed E-state index contributed by atoms with van der Waals surface area (Å²) in [6.45, 7) is 6.57. The van der Waals surface area contributed by atoms with Gasteiger partial charge >= 0.3 is 0 Å². The predicted octanol–water partition coefficient (Wildman–Crippen LogP) is 2.73. The zero-order chi connectivity index (χ0) is 12.5. The Hall–Kier alpha value is -1.00. The largest absolute Gasteiger partial charge is 0.362 e. The molecule has 4 heteroatoms. The van der Waals surface area contributed by atoms with Gasteiger partial charge in [0, 0.05) is 5.56 Å². The molecule has 1 N–H and O–H groups in total. The van der Waals surface area contributed by atoms with Crippen LogP contribution in [0.3, 0.4) is 0 Å². The van der Waals surface area contributed by atoms with E-state index in [-0.39, 0.29) is 5.41 Å². The molecule has 0 amide bonds. The third kappa shape index (κ3) is 3.01. The first-order chi connectivity index (χ1) is 7.97. The summed E-state index contributed by atoms with van der Waals surface area (Å²) in [5, 5.41) is 13.9. The summed E-state index contributed by atoms with van der Waals surface area (Å²) >= 11 is 1.51. The molecular formula is C13H17NO2S. The van der Waals surface area contributed by atoms with Gasteiger partial charge in [0.15, 0.2) is 0 Å². The van der Waals surface area contributed by atoms with Gasteiger partial charge in [-0.05, 0) is 11.0 Å². The van der Waals surface area contributed by atoms with Crippen LogP contribution in [0.2, 0.25) is 0 Å². The van der Waals surface area contributed by atoms with E-state index in [1.165, 1.54) is 17.3 Å². The summed E-state index contributed by atoms with van der Waals surface area (Å²) in [6, 6.07) is 8.33. The molecule has 0 fully saturated rings. The van der Waals surface area contributed by atoms with Crippen molar-refractivity contribution < 1.29 is 9.94 Å². The Morgan fingerprint density at radius 3 is 2.41 bits per heavy atom. The van der Waals surface area contributed by atoms with Gasteiger partial charge in [-0.2, -0.15) is 0 Å². The Morgan fingerprint density at radius 1 is 1.29 bits per heavy atom. The third-order valence-corrected chi connectivity index (χ3v) is 3.65. The molecule has 0 radical (unpaired) electrons. The molecule has 0 spiro atoms. The lowest BCUT2D eigenvalue weighted by Gasteiger charge is -2.20. The third-order valence-electron chi connectivity index (χ3n) is 2.62. The van der Waals surface area contributed by atoms with Crippen molar-refractivity contribution in [2.75, 3.05) is 5.75 Å². The number of benzene rings is 1. The Morgan fingerprint density at radius 2 is 1.94 bits per heavy atom. The van der Waals surface area contributed by atoms with Crippen LogP contribution in [0.1, 0.15) is 31.9 Å². The van der Waals surface area contributed by atoms with Crippen molar-refractivity contribution in [1.82, 2.24) is 0 Å². The molecule has 0 saturated carbocycles. The highest BCUT2D eigenvalue weighted by Crippen LogP contribution is 2.25. The van der Waals surface area contributed by atoms with E-state index in [0.29, 0.717) is 5.75 Å². The Labute approximate surface area is 106 Å². The monoisotopic (exact) mass is 251 g/mol. The van der Waals surface area contributed by atoms with Gasteiger partial charge in [-0.25, -0.2) is 0 Å². The molecule has 1 aliphatic rings. The fraction of sp³-hybridized carbons (Fsp3) is 0.462. The second-order valence-electron chi connectivity index (χ2n) is 5.09. The maximum absolute atomic E-state index is 9.17. The molecule has 1 heterocycles. The number of thioether (sulfide) groups is 1. The minimum Gasteiger partial charge on any atom is -0.362 e. The lowest BCUT2D eigenvalue weighted by molar-refractivity contribution is -0.0813. The van der Waals surface area contributed by atoms with Gasteiger partial charge in [-0.15, -0.1) is 0 Å². The second kappa shape index (κ2) is 4.70. The molecule has 1 atom stereocenters. The Kier molecular flexibility index (Phi) is 3.45. The Balaban J connectivity index is 2.19. The number of aliphatic hydroxyl groups excluding tert-OH is 1.